The maximum atomic E-state index is 12.5. The van der Waals surface area contributed by atoms with Crippen LogP contribution in [0, 0.1) is 5.92 Å². The van der Waals surface area contributed by atoms with Gasteiger partial charge in [-0.05, 0) is 11.6 Å². The molecular formula is C14H17F3N2O3. The Morgan fingerprint density at radius 3 is 2.50 bits per heavy atom. The minimum absolute atomic E-state index is 0.0138. The van der Waals surface area contributed by atoms with Crippen LogP contribution in [-0.2, 0) is 16.0 Å². The van der Waals surface area contributed by atoms with Gasteiger partial charge in [0.1, 0.15) is 0 Å². The predicted octanol–water partition coefficient (Wildman–Crippen LogP) is 2.72. The third-order valence-corrected chi connectivity index (χ3v) is 2.83. The first-order valence-electron chi connectivity index (χ1n) is 6.50. The Kier molecular flexibility index (Phi) is 6.21. The number of esters is 1. The average Bonchev–Trinajstić information content (AvgIpc) is 2.44. The Hall–Kier alpha value is -2.25. The van der Waals surface area contributed by atoms with Gasteiger partial charge in [-0.1, -0.05) is 25.1 Å². The Morgan fingerprint density at radius 1 is 1.27 bits per heavy atom. The van der Waals surface area contributed by atoms with E-state index in [4.69, 9.17) is 0 Å². The molecule has 0 fully saturated rings. The van der Waals surface area contributed by atoms with Crippen molar-refractivity contribution in [3.8, 4) is 0 Å². The van der Waals surface area contributed by atoms with Crippen molar-refractivity contribution in [3.05, 3.63) is 29.8 Å². The summed E-state index contributed by atoms with van der Waals surface area (Å²) >= 11 is 0. The topological polar surface area (TPSA) is 67.4 Å². The molecule has 0 radical (unpaired) electrons. The predicted molar refractivity (Wildman–Crippen MR) is 74.4 cm³/mol. The molecule has 5 nitrogen and oxygen atoms in total. The molecule has 122 valence electrons. The number of hydrogen-bond donors (Lipinski definition) is 2. The van der Waals surface area contributed by atoms with Crippen molar-refractivity contribution >= 4 is 17.7 Å². The van der Waals surface area contributed by atoms with Crippen LogP contribution < -0.4 is 10.6 Å². The highest BCUT2D eigenvalue weighted by Gasteiger charge is 2.29. The summed E-state index contributed by atoms with van der Waals surface area (Å²) in [5.41, 5.74) is 0.0363. The second-order valence-corrected chi connectivity index (χ2v) is 4.71. The number of hydrogen-bond acceptors (Lipinski definition) is 3. The average molecular weight is 318 g/mol. The van der Waals surface area contributed by atoms with E-state index < -0.39 is 30.5 Å². The lowest BCUT2D eigenvalue weighted by molar-refractivity contribution is -0.144. The fraction of sp³-hybridized carbons (Fsp3) is 0.429. The summed E-state index contributed by atoms with van der Waals surface area (Å²) in [4.78, 5) is 22.9. The van der Waals surface area contributed by atoms with Crippen molar-refractivity contribution in [2.45, 2.75) is 19.5 Å². The molecule has 22 heavy (non-hydrogen) atoms. The molecule has 1 aromatic rings. The Labute approximate surface area is 125 Å². The van der Waals surface area contributed by atoms with E-state index in [1.807, 2.05) is 0 Å². The zero-order valence-corrected chi connectivity index (χ0v) is 12.2. The van der Waals surface area contributed by atoms with Gasteiger partial charge in [0.15, 0.2) is 0 Å². The molecule has 0 aliphatic carbocycles. The van der Waals surface area contributed by atoms with Gasteiger partial charge in [-0.15, -0.1) is 0 Å². The molecule has 0 aliphatic rings. The highest BCUT2D eigenvalue weighted by molar-refractivity contribution is 5.90. The molecule has 2 N–H and O–H groups in total. The van der Waals surface area contributed by atoms with E-state index in [0.29, 0.717) is 0 Å². The minimum Gasteiger partial charge on any atom is -0.469 e. The van der Waals surface area contributed by atoms with E-state index in [-0.39, 0.29) is 17.8 Å². The van der Waals surface area contributed by atoms with Gasteiger partial charge in [-0.25, -0.2) is 4.79 Å². The van der Waals surface area contributed by atoms with Crippen molar-refractivity contribution < 1.29 is 27.5 Å². The molecule has 0 saturated heterocycles. The standard InChI is InChI=1S/C14H17F3N2O3/c1-9(12(20)22-2)8-18-13(21)19-11-6-4-3-5-10(11)7-14(15,16)17/h3-6,9H,7-8H2,1-2H3,(H2,18,19,21). The Bertz CT molecular complexity index is 532. The zero-order chi connectivity index (χ0) is 16.8. The number of amides is 2. The fourth-order valence-electron chi connectivity index (χ4n) is 1.71. The SMILES string of the molecule is COC(=O)C(C)CNC(=O)Nc1ccccc1CC(F)(F)F. The summed E-state index contributed by atoms with van der Waals surface area (Å²) < 4.78 is 41.9. The third-order valence-electron chi connectivity index (χ3n) is 2.83. The van der Waals surface area contributed by atoms with E-state index in [1.165, 1.54) is 31.4 Å². The van der Waals surface area contributed by atoms with E-state index in [0.717, 1.165) is 0 Å². The normalized spacial score (nSPS) is 12.4. The third kappa shape index (κ3) is 6.02. The first-order valence-corrected chi connectivity index (χ1v) is 6.50. The number of nitrogens with one attached hydrogen (secondary N) is 2. The number of carbonyl (C=O) groups excluding carboxylic acids is 2. The maximum absolute atomic E-state index is 12.5. The number of urea groups is 1. The smallest absolute Gasteiger partial charge is 0.393 e. The van der Waals surface area contributed by atoms with Crippen LogP contribution in [0.25, 0.3) is 0 Å². The van der Waals surface area contributed by atoms with Crippen molar-refractivity contribution in [1.29, 1.82) is 0 Å². The highest BCUT2D eigenvalue weighted by Crippen LogP contribution is 2.25. The highest BCUT2D eigenvalue weighted by atomic mass is 19.4. The summed E-state index contributed by atoms with van der Waals surface area (Å²) in [5, 5.41) is 4.75. The first-order chi connectivity index (χ1) is 10.2. The molecule has 1 unspecified atom stereocenters. The van der Waals surface area contributed by atoms with Crippen LogP contribution in [0.5, 0.6) is 0 Å². The van der Waals surface area contributed by atoms with E-state index >= 15 is 0 Å². The lowest BCUT2D eigenvalue weighted by atomic mass is 10.1. The number of alkyl halides is 3. The molecule has 0 bridgehead atoms. The van der Waals surface area contributed by atoms with Crippen LogP contribution in [0.15, 0.2) is 24.3 Å². The van der Waals surface area contributed by atoms with E-state index in [1.54, 1.807) is 6.92 Å². The summed E-state index contributed by atoms with van der Waals surface area (Å²) in [7, 11) is 1.23. The van der Waals surface area contributed by atoms with E-state index in [2.05, 4.69) is 15.4 Å². The van der Waals surface area contributed by atoms with Crippen molar-refractivity contribution in [2.75, 3.05) is 19.0 Å². The molecule has 2 amide bonds. The number of para-hydroxylation sites is 1. The van der Waals surface area contributed by atoms with Crippen molar-refractivity contribution in [2.24, 2.45) is 5.92 Å². The zero-order valence-electron chi connectivity index (χ0n) is 12.2. The molecule has 0 spiro atoms. The summed E-state index contributed by atoms with van der Waals surface area (Å²) in [6.07, 6.45) is -5.50. The van der Waals surface area contributed by atoms with Crippen LogP contribution in [0.4, 0.5) is 23.7 Å². The van der Waals surface area contributed by atoms with Gasteiger partial charge in [-0.2, -0.15) is 13.2 Å². The number of carbonyl (C=O) groups is 2. The monoisotopic (exact) mass is 318 g/mol. The van der Waals surface area contributed by atoms with Crippen LogP contribution >= 0.6 is 0 Å². The van der Waals surface area contributed by atoms with Gasteiger partial charge in [0.25, 0.3) is 0 Å². The summed E-state index contributed by atoms with van der Waals surface area (Å²) in [5.74, 6) is -1.04. The first kappa shape index (κ1) is 17.8. The minimum atomic E-state index is -4.37. The molecule has 1 atom stereocenters. The Morgan fingerprint density at radius 2 is 1.91 bits per heavy atom. The lowest BCUT2D eigenvalue weighted by Gasteiger charge is -2.14. The second kappa shape index (κ2) is 7.67. The molecule has 0 aromatic heterocycles. The van der Waals surface area contributed by atoms with Crippen LogP contribution in [0.3, 0.4) is 0 Å². The van der Waals surface area contributed by atoms with Gasteiger partial charge in [0.2, 0.25) is 0 Å². The summed E-state index contributed by atoms with van der Waals surface area (Å²) in [6.45, 7) is 1.57. The van der Waals surface area contributed by atoms with E-state index in [9.17, 15) is 22.8 Å². The number of anilines is 1. The van der Waals surface area contributed by atoms with Crippen LogP contribution in [0.2, 0.25) is 0 Å². The van der Waals surface area contributed by atoms with Crippen molar-refractivity contribution in [1.82, 2.24) is 5.32 Å². The molecule has 0 aliphatic heterocycles. The number of rotatable bonds is 5. The number of halogens is 3. The van der Waals surface area contributed by atoms with Crippen LogP contribution in [-0.4, -0.2) is 31.8 Å². The Balaban J connectivity index is 2.63. The van der Waals surface area contributed by atoms with Crippen LogP contribution in [0.1, 0.15) is 12.5 Å². The lowest BCUT2D eigenvalue weighted by Crippen LogP contribution is -2.35. The molecule has 8 heteroatoms. The molecular weight excluding hydrogens is 301 g/mol. The number of methoxy groups -OCH3 is 1. The quantitative estimate of drug-likeness (QED) is 0.820. The number of ether oxygens (including phenoxy) is 1. The van der Waals surface area contributed by atoms with Crippen molar-refractivity contribution in [3.63, 3.8) is 0 Å². The molecule has 1 rings (SSSR count). The van der Waals surface area contributed by atoms with Gasteiger partial charge >= 0.3 is 18.2 Å². The van der Waals surface area contributed by atoms with Gasteiger partial charge in [-0.3, -0.25) is 4.79 Å². The number of benzene rings is 1. The second-order valence-electron chi connectivity index (χ2n) is 4.71. The molecule has 1 aromatic carbocycles. The molecule has 0 heterocycles. The summed E-state index contributed by atoms with van der Waals surface area (Å²) in [6, 6.07) is 4.96. The van der Waals surface area contributed by atoms with Gasteiger partial charge in [0, 0.05) is 12.2 Å². The maximum Gasteiger partial charge on any atom is 0.393 e. The molecule has 0 saturated carbocycles. The fourth-order valence-corrected chi connectivity index (χ4v) is 1.71. The van der Waals surface area contributed by atoms with Gasteiger partial charge in [0.05, 0.1) is 19.4 Å². The van der Waals surface area contributed by atoms with Gasteiger partial charge < -0.3 is 15.4 Å². The largest absolute Gasteiger partial charge is 0.469 e.